The van der Waals surface area contributed by atoms with Crippen molar-refractivity contribution >= 4 is 50.9 Å². The van der Waals surface area contributed by atoms with Crippen LogP contribution in [0.1, 0.15) is 99.5 Å². The highest BCUT2D eigenvalue weighted by Gasteiger charge is 2.51. The van der Waals surface area contributed by atoms with Crippen LogP contribution in [0.15, 0.2) is 48.5 Å². The average molecular weight is 1000 g/mol. The van der Waals surface area contributed by atoms with Crippen molar-refractivity contribution in [3.8, 4) is 22.9 Å². The number of aromatic nitrogens is 2. The lowest BCUT2D eigenvalue weighted by Gasteiger charge is -2.56. The fraction of sp³-hybridized carbons (Fsp3) is 0.518. The van der Waals surface area contributed by atoms with Crippen LogP contribution in [-0.4, -0.2) is 136 Å². The normalized spacial score (nSPS) is 24.4. The fourth-order valence-electron chi connectivity index (χ4n) is 13.3. The molecule has 2 saturated carbocycles. The minimum atomic E-state index is -1.04. The highest BCUT2D eigenvalue weighted by molar-refractivity contribution is 6.06. The zero-order chi connectivity index (χ0) is 50.6. The minimum absolute atomic E-state index is 0.0276. The molecule has 17 heteroatoms. The van der Waals surface area contributed by atoms with Crippen LogP contribution in [0.25, 0.3) is 32.8 Å². The summed E-state index contributed by atoms with van der Waals surface area (Å²) in [6.07, 6.45) is 8.75. The van der Waals surface area contributed by atoms with E-state index < -0.39 is 40.6 Å². The first-order valence-corrected chi connectivity index (χ1v) is 26.3. The van der Waals surface area contributed by atoms with Crippen LogP contribution in [0.3, 0.4) is 0 Å². The van der Waals surface area contributed by atoms with Crippen molar-refractivity contribution in [2.45, 2.75) is 109 Å². The number of anilines is 2. The molecule has 384 valence electrons. The standard InChI is InChI=1S/C56H63F3N8O6/c1-3-38-42(57)8-5-33-24-37(68)25-40(46(33)38)47-43(58)26-41-49(48(47)59)61-53(62-50(41)66-16-4-11-54(2,72)30-66)73-32-56(12-13-56)31-63-17-14-55(15-18-63)27-36(28-55)65-21-19-64(20-22-65)35-6-7-39-34(23-35)29-67(52(39)71)44-9-10-45(69)60-51(44)70/h5-8,23-26,36,44,68,72H,3-4,9-22,27-32H2,1-2H3,(H,60,69,70)/t44-,54+/m0/s1. The summed E-state index contributed by atoms with van der Waals surface area (Å²) in [6.45, 7) is 11.6. The molecular weight excluding hydrogens is 938 g/mol. The van der Waals surface area contributed by atoms with Gasteiger partial charge in [0.2, 0.25) is 11.8 Å². The lowest BCUT2D eigenvalue weighted by atomic mass is 9.60. The van der Waals surface area contributed by atoms with E-state index in [0.717, 1.165) is 82.7 Å². The molecule has 0 bridgehead atoms. The average Bonchev–Trinajstić information content (AvgIpc) is 4.05. The van der Waals surface area contributed by atoms with Gasteiger partial charge in [0.15, 0.2) is 5.82 Å². The number of aliphatic hydroxyl groups is 1. The molecule has 2 aliphatic carbocycles. The van der Waals surface area contributed by atoms with Crippen molar-refractivity contribution in [2.24, 2.45) is 10.8 Å². The number of fused-ring (bicyclic) bond motifs is 3. The van der Waals surface area contributed by atoms with Gasteiger partial charge in [0, 0.05) is 86.9 Å². The number of piperidine rings is 3. The van der Waals surface area contributed by atoms with Gasteiger partial charge in [-0.25, -0.2) is 13.2 Å². The summed E-state index contributed by atoms with van der Waals surface area (Å²) in [5.41, 5.74) is 1.61. The zero-order valence-electron chi connectivity index (χ0n) is 41.6. The van der Waals surface area contributed by atoms with Gasteiger partial charge in [-0.2, -0.15) is 9.97 Å². The van der Waals surface area contributed by atoms with E-state index in [1.807, 2.05) is 17.0 Å². The van der Waals surface area contributed by atoms with Crippen LogP contribution in [-0.2, 0) is 22.6 Å². The van der Waals surface area contributed by atoms with Crippen LogP contribution in [0.4, 0.5) is 24.7 Å². The number of benzene rings is 4. The molecule has 3 amide bonds. The number of phenols is 1. The van der Waals surface area contributed by atoms with Gasteiger partial charge in [0.05, 0.1) is 17.8 Å². The smallest absolute Gasteiger partial charge is 0.319 e. The number of ether oxygens (including phenoxy) is 1. The fourth-order valence-corrected chi connectivity index (χ4v) is 13.3. The first kappa shape index (κ1) is 47.9. The van der Waals surface area contributed by atoms with Crippen molar-refractivity contribution in [1.29, 1.82) is 0 Å². The van der Waals surface area contributed by atoms with Crippen LogP contribution < -0.4 is 19.9 Å². The highest BCUT2D eigenvalue weighted by atomic mass is 19.1. The monoisotopic (exact) mass is 1000 g/mol. The third-order valence-corrected chi connectivity index (χ3v) is 17.6. The number of likely N-dealkylation sites (tertiary alicyclic amines) is 1. The van der Waals surface area contributed by atoms with Gasteiger partial charge in [0.1, 0.15) is 34.8 Å². The van der Waals surface area contributed by atoms with E-state index in [4.69, 9.17) is 9.72 Å². The first-order chi connectivity index (χ1) is 35.1. The zero-order valence-corrected chi connectivity index (χ0v) is 41.6. The van der Waals surface area contributed by atoms with Gasteiger partial charge < -0.3 is 34.5 Å². The number of β-amino-alcohol motifs (C(OH)–C–C–N with tert-alkyl or cyclic N) is 1. The summed E-state index contributed by atoms with van der Waals surface area (Å²) in [5, 5.41) is 25.1. The summed E-state index contributed by atoms with van der Waals surface area (Å²) >= 11 is 0. The molecule has 4 aromatic carbocycles. The van der Waals surface area contributed by atoms with E-state index in [9.17, 15) is 24.6 Å². The highest BCUT2D eigenvalue weighted by Crippen LogP contribution is 2.53. The molecule has 5 aliphatic heterocycles. The number of nitrogens with zero attached hydrogens (tertiary/aromatic N) is 7. The predicted octanol–water partition coefficient (Wildman–Crippen LogP) is 7.47. The molecule has 1 spiro atoms. The summed E-state index contributed by atoms with van der Waals surface area (Å²) in [5.74, 6) is -3.15. The maximum Gasteiger partial charge on any atom is 0.319 e. The molecule has 0 unspecified atom stereocenters. The van der Waals surface area contributed by atoms with Gasteiger partial charge in [-0.3, -0.25) is 24.6 Å². The van der Waals surface area contributed by atoms with E-state index in [1.54, 1.807) is 18.7 Å². The SMILES string of the molecule is CCc1c(F)ccc2cc(O)cc(-c3c(F)cc4c(N5CCC[C@@](C)(O)C5)nc(OCC5(CN6CCC7(CC6)CC(N6CCN(c8ccc9c(c8)CN([C@H]8CCC(=O)NC8=O)C9=O)CC6)C7)CC5)nc4c3F)c12. The Hall–Kier alpha value is -6.04. The van der Waals surface area contributed by atoms with Crippen LogP contribution in [0.2, 0.25) is 0 Å². The number of phenolic OH excluding ortho intramolecular Hbond substituents is 1. The number of amides is 3. The van der Waals surface area contributed by atoms with Gasteiger partial charge in [-0.05, 0) is 160 Å². The number of aromatic hydroxyl groups is 1. The lowest BCUT2D eigenvalue weighted by Crippen LogP contribution is -2.59. The molecule has 0 radical (unpaired) electrons. The Labute approximate surface area is 422 Å². The second-order valence-corrected chi connectivity index (χ2v) is 22.7. The maximum absolute atomic E-state index is 17.2. The molecule has 1 aromatic heterocycles. The molecule has 4 saturated heterocycles. The molecule has 6 heterocycles. The van der Waals surface area contributed by atoms with Crippen LogP contribution in [0, 0.1) is 28.3 Å². The Kier molecular flexibility index (Phi) is 11.9. The van der Waals surface area contributed by atoms with E-state index in [0.29, 0.717) is 66.8 Å². The van der Waals surface area contributed by atoms with Gasteiger partial charge in [-0.15, -0.1) is 0 Å². The molecule has 6 fully saturated rings. The van der Waals surface area contributed by atoms with Crippen LogP contribution >= 0.6 is 0 Å². The van der Waals surface area contributed by atoms with E-state index in [2.05, 4.69) is 31.1 Å². The number of carbonyl (C=O) groups is 3. The quantitative estimate of drug-likeness (QED) is 0.113. The van der Waals surface area contributed by atoms with Crippen molar-refractivity contribution < 1.29 is 42.5 Å². The van der Waals surface area contributed by atoms with Crippen molar-refractivity contribution in [1.82, 2.24) is 30.0 Å². The first-order valence-electron chi connectivity index (χ1n) is 26.3. The number of imide groups is 1. The molecular formula is C56H63F3N8O6. The second-order valence-electron chi connectivity index (χ2n) is 22.7. The number of hydrogen-bond acceptors (Lipinski definition) is 12. The molecule has 73 heavy (non-hydrogen) atoms. The number of hydrogen-bond donors (Lipinski definition) is 3. The summed E-state index contributed by atoms with van der Waals surface area (Å²) < 4.78 is 55.5. The van der Waals surface area contributed by atoms with Crippen LogP contribution in [0.5, 0.6) is 11.8 Å². The van der Waals surface area contributed by atoms with Crippen molar-refractivity contribution in [2.75, 3.05) is 75.3 Å². The maximum atomic E-state index is 17.2. The topological polar surface area (TPSA) is 155 Å². The number of nitrogens with one attached hydrogen (secondary N) is 1. The number of rotatable bonds is 11. The van der Waals surface area contributed by atoms with Crippen molar-refractivity contribution in [3.05, 3.63) is 82.7 Å². The van der Waals surface area contributed by atoms with Gasteiger partial charge in [0.25, 0.3) is 5.91 Å². The Bertz CT molecular complexity index is 3070. The predicted molar refractivity (Wildman–Crippen MR) is 270 cm³/mol. The Morgan fingerprint density at radius 2 is 1.63 bits per heavy atom. The molecule has 3 N–H and O–H groups in total. The van der Waals surface area contributed by atoms with Crippen molar-refractivity contribution in [3.63, 3.8) is 0 Å². The summed E-state index contributed by atoms with van der Waals surface area (Å²) in [7, 11) is 0. The minimum Gasteiger partial charge on any atom is -0.508 e. The molecule has 12 rings (SSSR count). The number of piperazine rings is 1. The lowest BCUT2D eigenvalue weighted by molar-refractivity contribution is -0.136. The third-order valence-electron chi connectivity index (χ3n) is 17.6. The van der Waals surface area contributed by atoms with Gasteiger partial charge in [-0.1, -0.05) is 13.0 Å². The number of carbonyl (C=O) groups excluding carboxylic acids is 3. The molecule has 2 atom stereocenters. The Balaban J connectivity index is 0.685. The Morgan fingerprint density at radius 3 is 2.36 bits per heavy atom. The van der Waals surface area contributed by atoms with E-state index >= 15 is 13.2 Å². The molecule has 7 aliphatic rings. The van der Waals surface area contributed by atoms with E-state index in [1.165, 1.54) is 43.2 Å². The van der Waals surface area contributed by atoms with E-state index in [-0.39, 0.29) is 76.2 Å². The summed E-state index contributed by atoms with van der Waals surface area (Å²) in [4.78, 5) is 58.0. The summed E-state index contributed by atoms with van der Waals surface area (Å²) in [6, 6.07) is 12.7. The Morgan fingerprint density at radius 1 is 0.849 bits per heavy atom. The molecule has 5 aromatic rings. The van der Waals surface area contributed by atoms with Gasteiger partial charge >= 0.3 is 6.01 Å². The third kappa shape index (κ3) is 8.81. The number of aryl methyl sites for hydroxylation is 1. The number of halogens is 3. The second kappa shape index (κ2) is 18.1. The largest absolute Gasteiger partial charge is 0.508 e. The molecule has 14 nitrogen and oxygen atoms in total.